The van der Waals surface area contributed by atoms with Crippen LogP contribution in [-0.4, -0.2) is 75.0 Å². The number of carbonyl (C=O) groups is 2. The number of pyridine rings is 1. The van der Waals surface area contributed by atoms with Gasteiger partial charge in [-0.05, 0) is 12.1 Å². The van der Waals surface area contributed by atoms with E-state index in [1.807, 2.05) is 0 Å². The van der Waals surface area contributed by atoms with Gasteiger partial charge < -0.3 is 31.1 Å². The number of anilines is 1. The summed E-state index contributed by atoms with van der Waals surface area (Å²) < 4.78 is 38.1. The number of aliphatic hydroxyl groups is 3. The third-order valence-corrected chi connectivity index (χ3v) is 7.31. The quantitative estimate of drug-likeness (QED) is 0.187. The molecule has 2 amide bonds. The molecule has 1 fully saturated rings. The Bertz CT molecular complexity index is 1510. The van der Waals surface area contributed by atoms with Gasteiger partial charge in [0.05, 0.1) is 18.6 Å². The molecule has 5 rings (SSSR count). The van der Waals surface area contributed by atoms with Crippen molar-refractivity contribution in [1.29, 1.82) is 0 Å². The number of benzene rings is 1. The summed E-state index contributed by atoms with van der Waals surface area (Å²) in [4.78, 5) is 32.6. The van der Waals surface area contributed by atoms with Crippen LogP contribution in [0.3, 0.4) is 0 Å². The molecule has 1 unspecified atom stereocenters. The predicted molar refractivity (Wildman–Crippen MR) is 128 cm³/mol. The number of hydrogen-bond acceptors (Lipinski definition) is 12. The Hall–Kier alpha value is -3.67. The highest BCUT2D eigenvalue weighted by Gasteiger charge is 2.45. The number of amides is 2. The molecule has 1 saturated heterocycles. The molecule has 38 heavy (non-hydrogen) atoms. The Morgan fingerprint density at radius 2 is 2.00 bits per heavy atom. The Balaban J connectivity index is 1.17. The minimum atomic E-state index is -4.65. The molecule has 7 N–H and O–H groups in total. The van der Waals surface area contributed by atoms with Crippen LogP contribution in [-0.2, 0) is 29.7 Å². The molecule has 2 aliphatic heterocycles. The lowest BCUT2D eigenvalue weighted by Crippen LogP contribution is -2.41. The second-order valence-corrected chi connectivity index (χ2v) is 10.2. The van der Waals surface area contributed by atoms with Gasteiger partial charge in [-0.1, -0.05) is 18.2 Å². The molecule has 0 bridgehead atoms. The van der Waals surface area contributed by atoms with E-state index in [2.05, 4.69) is 15.3 Å². The first kappa shape index (κ1) is 26.0. The number of nitrogens with two attached hydrogens (primary N) is 1. The number of aromatic nitrogens is 3. The highest BCUT2D eigenvalue weighted by atomic mass is 32.2. The Labute approximate surface area is 215 Å². The van der Waals surface area contributed by atoms with Crippen LogP contribution in [0.5, 0.6) is 0 Å². The molecule has 0 spiro atoms. The van der Waals surface area contributed by atoms with Gasteiger partial charge in [0.1, 0.15) is 23.8 Å². The van der Waals surface area contributed by atoms with Crippen molar-refractivity contribution in [3.05, 3.63) is 54.0 Å². The molecule has 2 aliphatic rings. The number of rotatable bonds is 8. The van der Waals surface area contributed by atoms with Crippen LogP contribution in [0.25, 0.3) is 11.2 Å². The summed E-state index contributed by atoms with van der Waals surface area (Å²) in [6.45, 7) is -0.729. The largest absolute Gasteiger partial charge is 0.397 e. The van der Waals surface area contributed by atoms with Gasteiger partial charge in [0.15, 0.2) is 17.6 Å². The smallest absolute Gasteiger partial charge is 0.362 e. The lowest BCUT2D eigenvalue weighted by atomic mass is 9.97. The summed E-state index contributed by atoms with van der Waals surface area (Å²) in [5, 5.41) is 34.0. The van der Waals surface area contributed by atoms with Gasteiger partial charge in [-0.25, -0.2) is 14.7 Å². The van der Waals surface area contributed by atoms with Gasteiger partial charge >= 0.3 is 10.3 Å². The van der Waals surface area contributed by atoms with E-state index in [1.54, 1.807) is 22.9 Å². The zero-order valence-corrected chi connectivity index (χ0v) is 20.4. The van der Waals surface area contributed by atoms with Crippen molar-refractivity contribution >= 4 is 39.0 Å². The first-order chi connectivity index (χ1) is 18.0. The highest BCUT2D eigenvalue weighted by Crippen LogP contribution is 2.33. The SMILES string of the molecule is Nc1ccnc2c1ncn2[C@@H]1O[C@H](COS(=O)(=O)NC(=O)CCC2(O)NC(=O)c3ccccc32)[C@@H](O)[C@H]1O. The van der Waals surface area contributed by atoms with Gasteiger partial charge in [-0.3, -0.25) is 18.3 Å². The summed E-state index contributed by atoms with van der Waals surface area (Å²) in [6, 6.07) is 7.82. The number of imidazole rings is 1. The first-order valence-electron chi connectivity index (χ1n) is 11.4. The van der Waals surface area contributed by atoms with E-state index in [0.29, 0.717) is 11.2 Å². The van der Waals surface area contributed by atoms with E-state index in [0.717, 1.165) is 0 Å². The maximum absolute atomic E-state index is 12.3. The van der Waals surface area contributed by atoms with E-state index in [-0.39, 0.29) is 23.2 Å². The normalized spacial score (nSPS) is 26.9. The monoisotopic (exact) mass is 548 g/mol. The summed E-state index contributed by atoms with van der Waals surface area (Å²) in [7, 11) is -4.65. The molecular formula is C22H24N6O9S. The van der Waals surface area contributed by atoms with Crippen molar-refractivity contribution in [2.24, 2.45) is 0 Å². The number of ether oxygens (including phenoxy) is 1. The summed E-state index contributed by atoms with van der Waals surface area (Å²) >= 11 is 0. The average molecular weight is 549 g/mol. The Morgan fingerprint density at radius 3 is 2.79 bits per heavy atom. The van der Waals surface area contributed by atoms with Gasteiger partial charge in [0.2, 0.25) is 5.91 Å². The molecule has 16 heteroatoms. The Kier molecular flexibility index (Phi) is 6.54. The lowest BCUT2D eigenvalue weighted by molar-refractivity contribution is -0.121. The molecule has 202 valence electrons. The molecule has 0 radical (unpaired) electrons. The molecule has 0 aliphatic carbocycles. The van der Waals surface area contributed by atoms with Crippen LogP contribution < -0.4 is 15.8 Å². The standard InChI is InChI=1S/C22H24N6O9S/c23-13-6-8-24-19-16(13)25-10-28(19)21-18(31)17(30)14(37-21)9-36-38(34,35)27-15(29)5-7-22(33)12-4-2-1-3-11(12)20(32)26-22/h1-4,6,8,10,14,17-18,21,30-31,33H,5,7,9H2,(H2,23,24)(H,26,32)(H,27,29)/t14-,17-,18-,21-,22?/m1/s1. The third-order valence-electron chi connectivity index (χ3n) is 6.38. The molecule has 4 heterocycles. The van der Waals surface area contributed by atoms with Crippen LogP contribution in [0.15, 0.2) is 42.9 Å². The molecule has 0 saturated carbocycles. The molecule has 5 atom stereocenters. The van der Waals surface area contributed by atoms with Gasteiger partial charge in [0.25, 0.3) is 5.91 Å². The van der Waals surface area contributed by atoms with Crippen molar-refractivity contribution in [2.75, 3.05) is 12.3 Å². The highest BCUT2D eigenvalue weighted by molar-refractivity contribution is 7.85. The van der Waals surface area contributed by atoms with Crippen molar-refractivity contribution in [3.63, 3.8) is 0 Å². The Morgan fingerprint density at radius 1 is 1.24 bits per heavy atom. The fourth-order valence-electron chi connectivity index (χ4n) is 4.47. The second-order valence-electron chi connectivity index (χ2n) is 8.89. The molecular weight excluding hydrogens is 524 g/mol. The van der Waals surface area contributed by atoms with Gasteiger partial charge in [-0.2, -0.15) is 8.42 Å². The zero-order chi connectivity index (χ0) is 27.2. The maximum atomic E-state index is 12.3. The minimum absolute atomic E-state index is 0.255. The van der Waals surface area contributed by atoms with Gasteiger partial charge in [0, 0.05) is 30.2 Å². The topological polar surface area (TPSA) is 228 Å². The minimum Gasteiger partial charge on any atom is -0.397 e. The predicted octanol–water partition coefficient (Wildman–Crippen LogP) is -1.62. The second kappa shape index (κ2) is 9.57. The van der Waals surface area contributed by atoms with E-state index in [1.165, 1.54) is 29.2 Å². The van der Waals surface area contributed by atoms with Crippen LogP contribution in [0, 0.1) is 0 Å². The van der Waals surface area contributed by atoms with Crippen LogP contribution in [0.1, 0.15) is 35.0 Å². The zero-order valence-electron chi connectivity index (χ0n) is 19.6. The van der Waals surface area contributed by atoms with E-state index in [9.17, 15) is 33.3 Å². The van der Waals surface area contributed by atoms with Gasteiger partial charge in [-0.15, -0.1) is 0 Å². The van der Waals surface area contributed by atoms with Crippen LogP contribution in [0.4, 0.5) is 5.69 Å². The summed E-state index contributed by atoms with van der Waals surface area (Å²) in [5.74, 6) is -1.52. The van der Waals surface area contributed by atoms with Crippen LogP contribution >= 0.6 is 0 Å². The lowest BCUT2D eigenvalue weighted by Gasteiger charge is -2.23. The van der Waals surface area contributed by atoms with Crippen molar-refractivity contribution < 1.29 is 42.2 Å². The summed E-state index contributed by atoms with van der Waals surface area (Å²) in [5.41, 5.74) is 5.54. The number of fused-ring (bicyclic) bond motifs is 2. The van der Waals surface area contributed by atoms with E-state index < -0.39 is 65.4 Å². The first-order valence-corrected chi connectivity index (χ1v) is 12.8. The van der Waals surface area contributed by atoms with E-state index in [4.69, 9.17) is 14.7 Å². The molecule has 2 aromatic heterocycles. The number of nitrogen functional groups attached to an aromatic ring is 1. The fourth-order valence-corrected chi connectivity index (χ4v) is 5.22. The molecule has 3 aromatic rings. The average Bonchev–Trinajstić information content (AvgIpc) is 3.51. The fraction of sp³-hybridized carbons (Fsp3) is 0.364. The summed E-state index contributed by atoms with van der Waals surface area (Å²) in [6.07, 6.45) is -3.49. The number of nitrogens with one attached hydrogen (secondary N) is 2. The molecule has 1 aromatic carbocycles. The maximum Gasteiger partial charge on any atom is 0.362 e. The third kappa shape index (κ3) is 4.68. The van der Waals surface area contributed by atoms with Crippen molar-refractivity contribution in [2.45, 2.75) is 43.1 Å². The number of nitrogens with zero attached hydrogens (tertiary/aromatic N) is 3. The van der Waals surface area contributed by atoms with Crippen molar-refractivity contribution in [3.8, 4) is 0 Å². The number of hydrogen-bond donors (Lipinski definition) is 6. The number of carbonyl (C=O) groups excluding carboxylic acids is 2. The van der Waals surface area contributed by atoms with Crippen LogP contribution in [0.2, 0.25) is 0 Å². The van der Waals surface area contributed by atoms with Crippen molar-refractivity contribution in [1.82, 2.24) is 24.6 Å². The number of aliphatic hydroxyl groups excluding tert-OH is 2. The van der Waals surface area contributed by atoms with E-state index >= 15 is 0 Å². The molecule has 15 nitrogen and oxygen atoms in total.